The molecule has 0 radical (unpaired) electrons. The van der Waals surface area contributed by atoms with Gasteiger partial charge in [0.15, 0.2) is 0 Å². The third kappa shape index (κ3) is 3.49. The lowest BCUT2D eigenvalue weighted by Crippen LogP contribution is -2.30. The number of nitrogens with one attached hydrogen (secondary N) is 1. The number of nitrogens with zero attached hydrogens (tertiary/aromatic N) is 1. The van der Waals surface area contributed by atoms with Crippen molar-refractivity contribution in [3.8, 4) is 0 Å². The zero-order valence-corrected chi connectivity index (χ0v) is 17.1. The van der Waals surface area contributed by atoms with Crippen molar-refractivity contribution in [3.05, 3.63) is 58.6 Å². The Hall–Kier alpha value is -2.47. The van der Waals surface area contributed by atoms with Crippen molar-refractivity contribution in [1.82, 2.24) is 0 Å². The van der Waals surface area contributed by atoms with Crippen LogP contribution in [0, 0.1) is 17.8 Å². The highest BCUT2D eigenvalue weighted by Gasteiger charge is 2.49. The van der Waals surface area contributed by atoms with Gasteiger partial charge in [0.1, 0.15) is 0 Å². The van der Waals surface area contributed by atoms with Crippen molar-refractivity contribution in [1.29, 1.82) is 0 Å². The van der Waals surface area contributed by atoms with Crippen LogP contribution in [0.3, 0.4) is 0 Å². The number of amides is 3. The predicted molar refractivity (Wildman–Crippen MR) is 111 cm³/mol. The van der Waals surface area contributed by atoms with Crippen LogP contribution >= 0.6 is 15.9 Å². The topological polar surface area (TPSA) is 66.5 Å². The van der Waals surface area contributed by atoms with Crippen LogP contribution in [-0.4, -0.2) is 17.7 Å². The summed E-state index contributed by atoms with van der Waals surface area (Å²) in [6.45, 7) is 2.13. The highest BCUT2D eigenvalue weighted by atomic mass is 79.9. The first-order valence-corrected chi connectivity index (χ1v) is 10.3. The molecule has 0 spiro atoms. The average Bonchev–Trinajstić information content (AvgIpc) is 2.93. The summed E-state index contributed by atoms with van der Waals surface area (Å²) in [7, 11) is 0. The van der Waals surface area contributed by atoms with Crippen LogP contribution in [0.5, 0.6) is 0 Å². The second-order valence-electron chi connectivity index (χ2n) is 7.65. The third-order valence-corrected chi connectivity index (χ3v) is 6.21. The molecule has 1 N–H and O–H groups in total. The van der Waals surface area contributed by atoms with E-state index >= 15 is 0 Å². The number of imide groups is 1. The summed E-state index contributed by atoms with van der Waals surface area (Å²) in [6, 6.07) is 14.0. The molecule has 3 amide bonds. The molecule has 2 aromatic rings. The van der Waals surface area contributed by atoms with Gasteiger partial charge in [-0.25, -0.2) is 0 Å². The molecule has 28 heavy (non-hydrogen) atoms. The van der Waals surface area contributed by atoms with Crippen molar-refractivity contribution < 1.29 is 14.4 Å². The van der Waals surface area contributed by atoms with Gasteiger partial charge in [-0.15, -0.1) is 0 Å². The van der Waals surface area contributed by atoms with Gasteiger partial charge >= 0.3 is 0 Å². The van der Waals surface area contributed by atoms with E-state index in [2.05, 4.69) is 28.2 Å². The molecule has 6 heteroatoms. The molecular weight excluding hydrogens is 420 g/mol. The lowest BCUT2D eigenvalue weighted by Gasteiger charge is -2.25. The molecule has 1 saturated heterocycles. The van der Waals surface area contributed by atoms with Crippen LogP contribution < -0.4 is 10.2 Å². The van der Waals surface area contributed by atoms with Crippen LogP contribution in [0.25, 0.3) is 0 Å². The number of benzene rings is 2. The maximum atomic E-state index is 12.8. The number of fused-ring (bicyclic) bond motifs is 1. The molecule has 0 unspecified atom stereocenters. The molecule has 2 aliphatic rings. The first-order chi connectivity index (χ1) is 13.4. The van der Waals surface area contributed by atoms with Gasteiger partial charge < -0.3 is 5.32 Å². The molecule has 1 aliphatic carbocycles. The molecule has 0 aromatic heterocycles. The summed E-state index contributed by atoms with van der Waals surface area (Å²) >= 11 is 3.36. The number of carbonyl (C=O) groups excluding carboxylic acids is 3. The van der Waals surface area contributed by atoms with Gasteiger partial charge in [-0.2, -0.15) is 0 Å². The molecule has 2 fully saturated rings. The summed E-state index contributed by atoms with van der Waals surface area (Å²) in [5.41, 5.74) is 1.70. The van der Waals surface area contributed by atoms with E-state index in [0.29, 0.717) is 22.9 Å². The maximum absolute atomic E-state index is 12.8. The monoisotopic (exact) mass is 440 g/mol. The van der Waals surface area contributed by atoms with E-state index in [-0.39, 0.29) is 29.6 Å². The van der Waals surface area contributed by atoms with E-state index in [1.54, 1.807) is 36.4 Å². The minimum absolute atomic E-state index is 0.103. The predicted octanol–water partition coefficient (Wildman–Crippen LogP) is 4.63. The van der Waals surface area contributed by atoms with Gasteiger partial charge in [0.05, 0.1) is 17.5 Å². The minimum atomic E-state index is -0.240. The summed E-state index contributed by atoms with van der Waals surface area (Å²) in [5.74, 6) is -0.360. The second-order valence-corrected chi connectivity index (χ2v) is 8.57. The van der Waals surface area contributed by atoms with Crippen LogP contribution in [0.2, 0.25) is 0 Å². The van der Waals surface area contributed by atoms with Gasteiger partial charge in [-0.3, -0.25) is 19.3 Å². The molecule has 2 aromatic carbocycles. The zero-order valence-electron chi connectivity index (χ0n) is 15.5. The molecule has 144 valence electrons. The fourth-order valence-corrected chi connectivity index (χ4v) is 4.41. The maximum Gasteiger partial charge on any atom is 0.255 e. The van der Waals surface area contributed by atoms with E-state index in [1.165, 1.54) is 4.90 Å². The SMILES string of the molecule is C[C@H]1CC[C@@H]2C(=O)N(c3ccc(C(=O)Nc4ccc(Br)cc4)cc3)C(=O)[C@@H]2C1. The Bertz CT molecular complexity index is 924. The fraction of sp³-hybridized carbons (Fsp3) is 0.318. The minimum Gasteiger partial charge on any atom is -0.322 e. The van der Waals surface area contributed by atoms with E-state index in [9.17, 15) is 14.4 Å². The molecule has 0 bridgehead atoms. The number of hydrogen-bond acceptors (Lipinski definition) is 3. The molecule has 1 heterocycles. The Morgan fingerprint density at radius 2 is 1.61 bits per heavy atom. The molecule has 5 nitrogen and oxygen atoms in total. The number of hydrogen-bond donors (Lipinski definition) is 1. The van der Waals surface area contributed by atoms with Crippen LogP contribution in [0.4, 0.5) is 11.4 Å². The van der Waals surface area contributed by atoms with Crippen LogP contribution in [-0.2, 0) is 9.59 Å². The number of carbonyl (C=O) groups is 3. The molecule has 4 rings (SSSR count). The first-order valence-electron chi connectivity index (χ1n) is 9.49. The zero-order chi connectivity index (χ0) is 19.8. The van der Waals surface area contributed by atoms with Crippen LogP contribution in [0.1, 0.15) is 36.5 Å². The van der Waals surface area contributed by atoms with Crippen LogP contribution in [0.15, 0.2) is 53.0 Å². The Kier molecular flexibility index (Phi) is 5.06. The Morgan fingerprint density at radius 3 is 2.29 bits per heavy atom. The summed E-state index contributed by atoms with van der Waals surface area (Å²) in [4.78, 5) is 39.3. The Morgan fingerprint density at radius 1 is 0.964 bits per heavy atom. The van der Waals surface area contributed by atoms with Gasteiger partial charge in [-0.05, 0) is 73.7 Å². The fourth-order valence-electron chi connectivity index (χ4n) is 4.14. The van der Waals surface area contributed by atoms with Crippen molar-refractivity contribution in [2.24, 2.45) is 17.8 Å². The Balaban J connectivity index is 1.50. The van der Waals surface area contributed by atoms with Gasteiger partial charge in [0.25, 0.3) is 5.91 Å². The highest BCUT2D eigenvalue weighted by Crippen LogP contribution is 2.42. The van der Waals surface area contributed by atoms with E-state index in [0.717, 1.165) is 23.7 Å². The number of rotatable bonds is 3. The first kappa shape index (κ1) is 18.9. The molecule has 3 atom stereocenters. The number of anilines is 2. The lowest BCUT2D eigenvalue weighted by atomic mass is 9.76. The van der Waals surface area contributed by atoms with E-state index in [4.69, 9.17) is 0 Å². The van der Waals surface area contributed by atoms with Crippen molar-refractivity contribution >= 4 is 45.0 Å². The smallest absolute Gasteiger partial charge is 0.255 e. The van der Waals surface area contributed by atoms with Gasteiger partial charge in [0.2, 0.25) is 11.8 Å². The van der Waals surface area contributed by atoms with Crippen molar-refractivity contribution in [2.75, 3.05) is 10.2 Å². The van der Waals surface area contributed by atoms with Crippen molar-refractivity contribution in [3.63, 3.8) is 0 Å². The largest absolute Gasteiger partial charge is 0.322 e. The van der Waals surface area contributed by atoms with Gasteiger partial charge in [0, 0.05) is 15.7 Å². The molecule has 1 saturated carbocycles. The van der Waals surface area contributed by atoms with Gasteiger partial charge in [-0.1, -0.05) is 22.9 Å². The second kappa shape index (κ2) is 7.51. The normalized spacial score (nSPS) is 24.2. The van der Waals surface area contributed by atoms with E-state index in [1.807, 2.05) is 12.1 Å². The Labute approximate surface area is 172 Å². The highest BCUT2D eigenvalue weighted by molar-refractivity contribution is 9.10. The summed E-state index contributed by atoms with van der Waals surface area (Å²) in [5, 5.41) is 2.83. The van der Waals surface area contributed by atoms with Crippen molar-refractivity contribution in [2.45, 2.75) is 26.2 Å². The van der Waals surface area contributed by atoms with E-state index < -0.39 is 0 Å². The average molecular weight is 441 g/mol. The number of halogens is 1. The molecular formula is C22H21BrN2O3. The molecule has 1 aliphatic heterocycles. The lowest BCUT2D eigenvalue weighted by molar-refractivity contribution is -0.122. The third-order valence-electron chi connectivity index (χ3n) is 5.68. The standard InChI is InChI=1S/C22H21BrN2O3/c1-13-2-11-18-19(12-13)22(28)25(21(18)27)17-9-3-14(4-10-17)20(26)24-16-7-5-15(23)6-8-16/h3-10,13,18-19H,2,11-12H2,1H3,(H,24,26)/t13-,18-,19+/m0/s1. The summed E-state index contributed by atoms with van der Waals surface area (Å²) < 4.78 is 0.935. The quantitative estimate of drug-likeness (QED) is 0.707. The summed E-state index contributed by atoms with van der Waals surface area (Å²) in [6.07, 6.45) is 2.54.